The summed E-state index contributed by atoms with van der Waals surface area (Å²) in [5.41, 5.74) is 0.686. The van der Waals surface area contributed by atoms with Gasteiger partial charge in [0.1, 0.15) is 0 Å². The third-order valence-electron chi connectivity index (χ3n) is 4.73. The van der Waals surface area contributed by atoms with E-state index in [-0.39, 0.29) is 32.7 Å². The van der Waals surface area contributed by atoms with E-state index in [1.165, 1.54) is 12.8 Å². The quantitative estimate of drug-likeness (QED) is 0.564. The van der Waals surface area contributed by atoms with Crippen LogP contribution < -0.4 is 0 Å². The maximum atomic E-state index is 2.47. The maximum Gasteiger partial charge on any atom is 0 e. The molecule has 2 bridgehead atoms. The summed E-state index contributed by atoms with van der Waals surface area (Å²) in [7, 11) is 0. The van der Waals surface area contributed by atoms with E-state index < -0.39 is 0 Å². The van der Waals surface area contributed by atoms with Crippen LogP contribution in [0.25, 0.3) is 0 Å². The van der Waals surface area contributed by atoms with Gasteiger partial charge in [0.15, 0.2) is 0 Å². The minimum atomic E-state index is 0. The first-order valence-electron chi connectivity index (χ1n) is 7.03. The van der Waals surface area contributed by atoms with Crippen molar-refractivity contribution in [2.75, 3.05) is 0 Å². The Morgan fingerprint density at radius 2 is 1.31 bits per heavy atom. The zero-order valence-electron chi connectivity index (χ0n) is 12.8. The second kappa shape index (κ2) is 8.25. The van der Waals surface area contributed by atoms with Gasteiger partial charge in [0.05, 0.1) is 0 Å². The Morgan fingerprint density at radius 3 is 1.56 bits per heavy atom. The molecule has 0 aromatic heterocycles. The summed E-state index contributed by atoms with van der Waals surface area (Å²) in [6.45, 7) is 17.8. The summed E-state index contributed by atoms with van der Waals surface area (Å²) in [6.07, 6.45) is 3.02. The van der Waals surface area contributed by atoms with Crippen LogP contribution in [-0.2, 0) is 32.7 Å². The topological polar surface area (TPSA) is 0 Å². The largest absolute Gasteiger partial charge is 0.0683 e. The molecule has 3 saturated carbocycles. The summed E-state index contributed by atoms with van der Waals surface area (Å²) >= 11 is 0. The minimum Gasteiger partial charge on any atom is -0.0683 e. The Kier molecular flexibility index (Phi) is 10.0. The number of rotatable bonds is 0. The van der Waals surface area contributed by atoms with Crippen molar-refractivity contribution in [3.05, 3.63) is 0 Å². The fourth-order valence-electron chi connectivity index (χ4n) is 3.41. The molecule has 16 heavy (non-hydrogen) atoms. The second-order valence-corrected chi connectivity index (χ2v) is 5.43. The molecule has 3 rings (SSSR count). The molecule has 4 unspecified atom stereocenters. The Morgan fingerprint density at radius 1 is 0.875 bits per heavy atom. The van der Waals surface area contributed by atoms with Crippen molar-refractivity contribution in [3.63, 3.8) is 0 Å². The van der Waals surface area contributed by atoms with Crippen LogP contribution in [0.3, 0.4) is 0 Å². The van der Waals surface area contributed by atoms with Gasteiger partial charge in [-0.25, -0.2) is 0 Å². The molecule has 3 aliphatic carbocycles. The standard InChI is InChI=1S/C11H20.2C2H6.Y/c1-7-5-9-6-10(8(7)2)11(9,3)4;2*1-2;/h7-10H,5-6H2,1-4H3;2*1-2H3;. The van der Waals surface area contributed by atoms with Crippen LogP contribution in [0, 0.1) is 29.1 Å². The Bertz CT molecular complexity index is 174. The van der Waals surface area contributed by atoms with Crippen LogP contribution in [0.5, 0.6) is 0 Å². The van der Waals surface area contributed by atoms with Gasteiger partial charge in [-0.1, -0.05) is 55.4 Å². The molecular weight excluding hydrogens is 269 g/mol. The van der Waals surface area contributed by atoms with Crippen LogP contribution in [0.15, 0.2) is 0 Å². The van der Waals surface area contributed by atoms with Crippen molar-refractivity contribution in [1.82, 2.24) is 0 Å². The average Bonchev–Trinajstić information content (AvgIpc) is 2.27. The van der Waals surface area contributed by atoms with Crippen LogP contribution in [-0.4, -0.2) is 0 Å². The second-order valence-electron chi connectivity index (χ2n) is 5.43. The summed E-state index contributed by atoms with van der Waals surface area (Å²) < 4.78 is 0. The third kappa shape index (κ3) is 3.55. The van der Waals surface area contributed by atoms with Crippen LogP contribution in [0.2, 0.25) is 0 Å². The van der Waals surface area contributed by atoms with E-state index in [0.29, 0.717) is 5.41 Å². The van der Waals surface area contributed by atoms with E-state index in [4.69, 9.17) is 0 Å². The van der Waals surface area contributed by atoms with Gasteiger partial charge >= 0.3 is 0 Å². The van der Waals surface area contributed by atoms with Gasteiger partial charge in [0.2, 0.25) is 0 Å². The van der Waals surface area contributed by atoms with Crippen LogP contribution in [0.1, 0.15) is 68.2 Å². The molecule has 0 nitrogen and oxygen atoms in total. The molecule has 3 aliphatic rings. The maximum absolute atomic E-state index is 2.47. The van der Waals surface area contributed by atoms with Gasteiger partial charge < -0.3 is 0 Å². The third-order valence-corrected chi connectivity index (χ3v) is 4.73. The molecule has 1 radical (unpaired) electrons. The molecule has 0 aromatic rings. The Labute approximate surface area is 129 Å². The Hall–Kier alpha value is 1.10. The van der Waals surface area contributed by atoms with Gasteiger partial charge in [-0.15, -0.1) is 0 Å². The van der Waals surface area contributed by atoms with Gasteiger partial charge in [0.25, 0.3) is 0 Å². The first kappa shape index (κ1) is 19.4. The first-order valence-corrected chi connectivity index (χ1v) is 7.03. The van der Waals surface area contributed by atoms with E-state index in [9.17, 15) is 0 Å². The molecule has 0 saturated heterocycles. The van der Waals surface area contributed by atoms with Crippen molar-refractivity contribution >= 4 is 0 Å². The molecule has 4 atom stereocenters. The molecule has 0 spiro atoms. The van der Waals surface area contributed by atoms with Gasteiger partial charge in [0, 0.05) is 32.7 Å². The summed E-state index contributed by atoms with van der Waals surface area (Å²) in [4.78, 5) is 0. The van der Waals surface area contributed by atoms with Crippen molar-refractivity contribution in [1.29, 1.82) is 0 Å². The molecular formula is C15H32Y. The summed E-state index contributed by atoms with van der Waals surface area (Å²) in [5.74, 6) is 4.07. The van der Waals surface area contributed by atoms with Crippen molar-refractivity contribution in [2.45, 2.75) is 68.2 Å². The van der Waals surface area contributed by atoms with E-state index in [0.717, 1.165) is 23.7 Å². The molecule has 0 aliphatic heterocycles. The molecule has 3 fully saturated rings. The zero-order chi connectivity index (χ0) is 12.2. The van der Waals surface area contributed by atoms with E-state index in [1.54, 1.807) is 0 Å². The molecule has 0 heterocycles. The van der Waals surface area contributed by atoms with E-state index in [2.05, 4.69) is 27.7 Å². The van der Waals surface area contributed by atoms with Crippen molar-refractivity contribution in [3.8, 4) is 0 Å². The number of hydrogen-bond acceptors (Lipinski definition) is 0. The smallest absolute Gasteiger partial charge is 0 e. The van der Waals surface area contributed by atoms with Crippen molar-refractivity contribution in [2.24, 2.45) is 29.1 Å². The fourth-order valence-corrected chi connectivity index (χ4v) is 3.41. The normalized spacial score (nSPS) is 37.5. The monoisotopic (exact) mass is 301 g/mol. The van der Waals surface area contributed by atoms with E-state index in [1.807, 2.05) is 27.7 Å². The Balaban J connectivity index is 0. The fraction of sp³-hybridized carbons (Fsp3) is 1.00. The van der Waals surface area contributed by atoms with E-state index >= 15 is 0 Å². The number of hydrogen-bond donors (Lipinski definition) is 0. The predicted octanol–water partition coefficient (Wildman–Crippen LogP) is 5.37. The number of fused-ring (bicyclic) bond motifs is 2. The molecule has 95 valence electrons. The van der Waals surface area contributed by atoms with Crippen LogP contribution >= 0.6 is 0 Å². The molecule has 1 heteroatoms. The van der Waals surface area contributed by atoms with Gasteiger partial charge in [-0.2, -0.15) is 0 Å². The zero-order valence-corrected chi connectivity index (χ0v) is 15.6. The summed E-state index contributed by atoms with van der Waals surface area (Å²) in [6, 6.07) is 0. The van der Waals surface area contributed by atoms with Crippen LogP contribution in [0.4, 0.5) is 0 Å². The first-order chi connectivity index (χ1) is 7.03. The summed E-state index contributed by atoms with van der Waals surface area (Å²) in [5, 5.41) is 0. The molecule has 0 N–H and O–H groups in total. The van der Waals surface area contributed by atoms with Gasteiger partial charge in [-0.05, 0) is 41.9 Å². The predicted molar refractivity (Wildman–Crippen MR) is 71.0 cm³/mol. The van der Waals surface area contributed by atoms with Gasteiger partial charge in [-0.3, -0.25) is 0 Å². The van der Waals surface area contributed by atoms with Crippen molar-refractivity contribution < 1.29 is 32.7 Å². The SMILES string of the molecule is CC.CC.CC1CC2CC(C1C)C2(C)C.[Y]. The molecule has 0 aromatic carbocycles. The average molecular weight is 301 g/mol. The minimum absolute atomic E-state index is 0. The molecule has 0 amide bonds.